The number of nitrogens with one attached hydrogen (secondary N) is 1. The molecule has 2 rings (SSSR count). The summed E-state index contributed by atoms with van der Waals surface area (Å²) in [6.07, 6.45) is 0. The Bertz CT molecular complexity index is 910. The van der Waals surface area contributed by atoms with Crippen LogP contribution in [-0.4, -0.2) is 27.0 Å². The van der Waals surface area contributed by atoms with Gasteiger partial charge in [-0.1, -0.05) is 44.2 Å². The van der Waals surface area contributed by atoms with E-state index in [2.05, 4.69) is 14.9 Å². The molecule has 1 heterocycles. The van der Waals surface area contributed by atoms with Crippen LogP contribution in [0.15, 0.2) is 33.5 Å². The van der Waals surface area contributed by atoms with Gasteiger partial charge in [-0.2, -0.15) is 0 Å². The number of benzene rings is 1. The average molecular weight is 376 g/mol. The molecule has 23 heavy (non-hydrogen) atoms. The first kappa shape index (κ1) is 17.8. The number of nitrogens with zero attached hydrogens (tertiary/aromatic N) is 2. The lowest BCUT2D eigenvalue weighted by molar-refractivity contribution is 0.587. The predicted molar refractivity (Wildman–Crippen MR) is 87.2 cm³/mol. The van der Waals surface area contributed by atoms with E-state index in [1.54, 1.807) is 12.1 Å². The van der Waals surface area contributed by atoms with Crippen LogP contribution in [-0.2, 0) is 25.5 Å². The Balaban J connectivity index is 2.27. The van der Waals surface area contributed by atoms with Gasteiger partial charge in [-0.3, -0.25) is 4.72 Å². The maximum Gasteiger partial charge on any atom is 0.267 e. The molecule has 2 aromatic rings. The van der Waals surface area contributed by atoms with Gasteiger partial charge in [0.25, 0.3) is 20.0 Å². The van der Waals surface area contributed by atoms with Gasteiger partial charge in [-0.05, 0) is 23.1 Å². The van der Waals surface area contributed by atoms with Crippen LogP contribution in [0.1, 0.15) is 26.3 Å². The van der Waals surface area contributed by atoms with Crippen molar-refractivity contribution in [2.75, 3.05) is 4.72 Å². The molecule has 0 aliphatic carbocycles. The van der Waals surface area contributed by atoms with Gasteiger partial charge in [0.15, 0.2) is 0 Å². The maximum absolute atomic E-state index is 12.3. The summed E-state index contributed by atoms with van der Waals surface area (Å²) < 4.78 is 48.5. The molecule has 0 fully saturated rings. The zero-order chi connectivity index (χ0) is 17.5. The smallest absolute Gasteiger partial charge is 0.253 e. The summed E-state index contributed by atoms with van der Waals surface area (Å²) in [7, 11) is -7.90. The lowest BCUT2D eigenvalue weighted by Crippen LogP contribution is -2.14. The van der Waals surface area contributed by atoms with Gasteiger partial charge in [0.2, 0.25) is 9.47 Å². The van der Waals surface area contributed by atoms with Crippen molar-refractivity contribution in [3.63, 3.8) is 0 Å². The molecule has 126 valence electrons. The lowest BCUT2D eigenvalue weighted by atomic mass is 9.87. The number of rotatable bonds is 4. The summed E-state index contributed by atoms with van der Waals surface area (Å²) in [5.41, 5.74) is 0.892. The summed E-state index contributed by atoms with van der Waals surface area (Å²) in [5, 5.41) is 11.5. The van der Waals surface area contributed by atoms with Crippen LogP contribution >= 0.6 is 11.3 Å². The van der Waals surface area contributed by atoms with Crippen LogP contribution in [0, 0.1) is 0 Å². The fraction of sp³-hybridized carbons (Fsp3) is 0.333. The van der Waals surface area contributed by atoms with Gasteiger partial charge >= 0.3 is 0 Å². The zero-order valence-electron chi connectivity index (χ0n) is 12.6. The van der Waals surface area contributed by atoms with E-state index in [4.69, 9.17) is 5.14 Å². The quantitative estimate of drug-likeness (QED) is 0.826. The molecule has 0 unspecified atom stereocenters. The second kappa shape index (κ2) is 5.82. The highest BCUT2D eigenvalue weighted by molar-refractivity contribution is 7.93. The standard InChI is InChI=1S/C12H16N4O4S3/c1-12(2,3)8-4-6-9(7-5-8)23(19,20)16-10-14-15-11(21-10)22(13,17)18/h4-7H,1-3H3,(H,14,16)(H2,13,17,18). The van der Waals surface area contributed by atoms with Crippen LogP contribution in [0.25, 0.3) is 0 Å². The van der Waals surface area contributed by atoms with E-state index < -0.39 is 24.4 Å². The molecule has 0 aliphatic heterocycles. The third-order valence-corrected chi connectivity index (χ3v) is 6.53. The van der Waals surface area contributed by atoms with Gasteiger partial charge in [-0.15, -0.1) is 10.2 Å². The summed E-state index contributed by atoms with van der Waals surface area (Å²) >= 11 is 0.543. The maximum atomic E-state index is 12.3. The highest BCUT2D eigenvalue weighted by atomic mass is 32.2. The number of sulfonamides is 2. The molecule has 0 spiro atoms. The molecular formula is C12H16N4O4S3. The van der Waals surface area contributed by atoms with Crippen LogP contribution < -0.4 is 9.86 Å². The van der Waals surface area contributed by atoms with Gasteiger partial charge in [0.1, 0.15) is 0 Å². The normalized spacial score (nSPS) is 13.0. The highest BCUT2D eigenvalue weighted by Crippen LogP contribution is 2.25. The zero-order valence-corrected chi connectivity index (χ0v) is 15.1. The monoisotopic (exact) mass is 376 g/mol. The number of primary sulfonamides is 1. The van der Waals surface area contributed by atoms with E-state index in [0.717, 1.165) is 5.56 Å². The number of aromatic nitrogens is 2. The first-order valence-corrected chi connectivity index (χ1v) is 10.2. The number of nitrogens with two attached hydrogens (primary N) is 1. The predicted octanol–water partition coefficient (Wildman–Crippen LogP) is 1.28. The van der Waals surface area contributed by atoms with Gasteiger partial charge < -0.3 is 0 Å². The Morgan fingerprint density at radius 1 is 1.04 bits per heavy atom. The van der Waals surface area contributed by atoms with Crippen molar-refractivity contribution in [1.82, 2.24) is 10.2 Å². The first-order valence-electron chi connectivity index (χ1n) is 6.39. The minimum Gasteiger partial charge on any atom is -0.253 e. The number of hydrogen-bond acceptors (Lipinski definition) is 7. The average Bonchev–Trinajstić information content (AvgIpc) is 2.85. The van der Waals surface area contributed by atoms with E-state index in [1.165, 1.54) is 12.1 Å². The minimum absolute atomic E-state index is 0.0397. The number of anilines is 1. The molecule has 0 radical (unpaired) electrons. The third kappa shape index (κ3) is 4.25. The molecule has 0 bridgehead atoms. The molecule has 0 amide bonds. The van der Waals surface area contributed by atoms with E-state index in [9.17, 15) is 16.8 Å². The molecule has 11 heteroatoms. The molecule has 1 aromatic carbocycles. The summed E-state index contributed by atoms with van der Waals surface area (Å²) in [5.74, 6) is 0. The fourth-order valence-corrected chi connectivity index (χ4v) is 4.24. The number of hydrogen-bond donors (Lipinski definition) is 2. The van der Waals surface area contributed by atoms with Gasteiger partial charge in [0.05, 0.1) is 4.90 Å². The summed E-state index contributed by atoms with van der Waals surface area (Å²) in [6.45, 7) is 6.06. The van der Waals surface area contributed by atoms with Crippen LogP contribution in [0.4, 0.5) is 5.13 Å². The Morgan fingerprint density at radius 2 is 1.61 bits per heavy atom. The molecule has 0 saturated heterocycles. The van der Waals surface area contributed by atoms with Gasteiger partial charge in [0, 0.05) is 0 Å². The molecule has 3 N–H and O–H groups in total. The fourth-order valence-electron chi connectivity index (χ4n) is 1.67. The van der Waals surface area contributed by atoms with E-state index in [1.807, 2.05) is 20.8 Å². The van der Waals surface area contributed by atoms with Crippen molar-refractivity contribution >= 4 is 36.5 Å². The lowest BCUT2D eigenvalue weighted by Gasteiger charge is -2.19. The Labute approximate surface area is 138 Å². The van der Waals surface area contributed by atoms with E-state index >= 15 is 0 Å². The van der Waals surface area contributed by atoms with Crippen LogP contribution in [0.5, 0.6) is 0 Å². The van der Waals surface area contributed by atoms with Crippen LogP contribution in [0.3, 0.4) is 0 Å². The van der Waals surface area contributed by atoms with Crippen molar-refractivity contribution in [3.8, 4) is 0 Å². The highest BCUT2D eigenvalue weighted by Gasteiger charge is 2.21. The van der Waals surface area contributed by atoms with Crippen LogP contribution in [0.2, 0.25) is 0 Å². The molecular weight excluding hydrogens is 360 g/mol. The first-order chi connectivity index (χ1) is 10.4. The second-order valence-electron chi connectivity index (χ2n) is 5.80. The van der Waals surface area contributed by atoms with Crippen molar-refractivity contribution in [2.45, 2.75) is 35.4 Å². The second-order valence-corrected chi connectivity index (χ2v) is 10.2. The molecule has 0 aliphatic rings. The largest absolute Gasteiger partial charge is 0.267 e. The molecule has 1 aromatic heterocycles. The van der Waals surface area contributed by atoms with Crippen molar-refractivity contribution in [1.29, 1.82) is 0 Å². The minimum atomic E-state index is -4.01. The molecule has 8 nitrogen and oxygen atoms in total. The topological polar surface area (TPSA) is 132 Å². The Morgan fingerprint density at radius 3 is 2.04 bits per heavy atom. The van der Waals surface area contributed by atoms with Crippen molar-refractivity contribution in [2.24, 2.45) is 5.14 Å². The Kier molecular flexibility index (Phi) is 4.50. The molecule has 0 atom stereocenters. The van der Waals surface area contributed by atoms with Crippen molar-refractivity contribution in [3.05, 3.63) is 29.8 Å². The van der Waals surface area contributed by atoms with Gasteiger partial charge in [-0.25, -0.2) is 22.0 Å². The SMILES string of the molecule is CC(C)(C)c1ccc(S(=O)(=O)Nc2nnc(S(N)(=O)=O)s2)cc1. The summed E-state index contributed by atoms with van der Waals surface area (Å²) in [4.78, 5) is 0.0397. The molecule has 0 saturated carbocycles. The van der Waals surface area contributed by atoms with E-state index in [0.29, 0.717) is 11.3 Å². The third-order valence-electron chi connectivity index (χ3n) is 2.90. The summed E-state index contributed by atoms with van der Waals surface area (Å²) in [6, 6.07) is 6.41. The Hall–Kier alpha value is -1.56. The van der Waals surface area contributed by atoms with E-state index in [-0.39, 0.29) is 15.4 Å². The van der Waals surface area contributed by atoms with Crippen molar-refractivity contribution < 1.29 is 16.8 Å².